The largest absolute Gasteiger partial charge is 0.508 e. The summed E-state index contributed by atoms with van der Waals surface area (Å²) in [5.41, 5.74) is 2.74. The van der Waals surface area contributed by atoms with Gasteiger partial charge in [0.05, 0.1) is 0 Å². The van der Waals surface area contributed by atoms with Gasteiger partial charge in [0.15, 0.2) is 12.2 Å². The lowest BCUT2D eigenvalue weighted by Crippen LogP contribution is -2.63. The van der Waals surface area contributed by atoms with Crippen LogP contribution in [-0.2, 0) is 65.3 Å². The number of carboxylic acids is 1. The first-order valence-corrected chi connectivity index (χ1v) is 16.7. The highest BCUT2D eigenvalue weighted by Gasteiger charge is 2.53. The molecular formula is C37H47NO14. The lowest BCUT2D eigenvalue weighted by atomic mass is 9.94. The molecule has 1 aliphatic heterocycles. The molecule has 1 aliphatic rings. The van der Waals surface area contributed by atoms with Crippen LogP contribution in [0.15, 0.2) is 30.3 Å². The monoisotopic (exact) mass is 729 g/mol. The third-order valence-corrected chi connectivity index (χ3v) is 8.24. The molecule has 0 radical (unpaired) electrons. The summed E-state index contributed by atoms with van der Waals surface area (Å²) in [4.78, 5) is 71.9. The number of rotatable bonds is 15. The number of amides is 1. The van der Waals surface area contributed by atoms with Crippen LogP contribution in [0.5, 0.6) is 11.5 Å². The number of ether oxygens (including phenoxy) is 6. The van der Waals surface area contributed by atoms with E-state index < -0.39 is 72.7 Å². The van der Waals surface area contributed by atoms with Crippen LogP contribution in [-0.4, -0.2) is 88.8 Å². The molecule has 52 heavy (non-hydrogen) atoms. The number of carbonyl (C=O) groups is 6. The van der Waals surface area contributed by atoms with Crippen LogP contribution < -0.4 is 10.1 Å². The van der Waals surface area contributed by atoms with Crippen LogP contribution in [0, 0.1) is 13.8 Å². The van der Waals surface area contributed by atoms with E-state index >= 15 is 0 Å². The highest BCUT2D eigenvalue weighted by molar-refractivity contribution is 5.86. The van der Waals surface area contributed by atoms with E-state index in [1.165, 1.54) is 26.8 Å². The number of phenols is 1. The topological polar surface area (TPSA) is 210 Å². The van der Waals surface area contributed by atoms with E-state index in [-0.39, 0.29) is 23.8 Å². The van der Waals surface area contributed by atoms with Crippen molar-refractivity contribution in [2.45, 2.75) is 117 Å². The minimum absolute atomic E-state index is 0.135. The second-order valence-corrected chi connectivity index (χ2v) is 13.2. The molecule has 15 nitrogen and oxygen atoms in total. The van der Waals surface area contributed by atoms with E-state index in [0.717, 1.165) is 37.5 Å². The SMILES string of the molecule is CC(=O)OC[C@H]1O[C@@H](Oc2cc(O)cc(C)c2Cc2ccc(CCCC(=O)NC(C)(C)C(=O)O)cc2C)[C@H](OC(C)=O)[C@@H](OC(C)=O)[C@@H]1OC(C)=O. The van der Waals surface area contributed by atoms with Crippen molar-refractivity contribution in [3.8, 4) is 11.5 Å². The number of aryl methyl sites for hydroxylation is 3. The highest BCUT2D eigenvalue weighted by Crippen LogP contribution is 2.36. The maximum Gasteiger partial charge on any atom is 0.328 e. The Bertz CT molecular complexity index is 1670. The summed E-state index contributed by atoms with van der Waals surface area (Å²) in [5.74, 6) is -4.46. The van der Waals surface area contributed by atoms with Gasteiger partial charge in [0.2, 0.25) is 18.3 Å². The molecule has 3 rings (SSSR count). The van der Waals surface area contributed by atoms with Gasteiger partial charge in [-0.3, -0.25) is 24.0 Å². The van der Waals surface area contributed by atoms with Crippen LogP contribution >= 0.6 is 0 Å². The van der Waals surface area contributed by atoms with Gasteiger partial charge < -0.3 is 44.0 Å². The van der Waals surface area contributed by atoms with Gasteiger partial charge in [0.25, 0.3) is 0 Å². The fourth-order valence-electron chi connectivity index (χ4n) is 5.73. The Hall–Kier alpha value is -5.18. The molecule has 2 aromatic rings. The number of carboxylic acid groups (broad SMARTS) is 1. The summed E-state index contributed by atoms with van der Waals surface area (Å²) < 4.78 is 34.0. The number of benzene rings is 2. The number of hydrogen-bond acceptors (Lipinski definition) is 13. The van der Waals surface area contributed by atoms with Crippen molar-refractivity contribution in [3.63, 3.8) is 0 Å². The fourth-order valence-corrected chi connectivity index (χ4v) is 5.73. The van der Waals surface area contributed by atoms with Crippen LogP contribution in [0.2, 0.25) is 0 Å². The van der Waals surface area contributed by atoms with Crippen molar-refractivity contribution >= 4 is 35.8 Å². The Morgan fingerprint density at radius 2 is 1.44 bits per heavy atom. The number of hydrogen-bond donors (Lipinski definition) is 3. The first kappa shape index (κ1) is 41.2. The maximum absolute atomic E-state index is 12.3. The van der Waals surface area contributed by atoms with E-state index in [4.69, 9.17) is 28.4 Å². The Balaban J connectivity index is 1.91. The summed E-state index contributed by atoms with van der Waals surface area (Å²) in [7, 11) is 0. The molecule has 3 N–H and O–H groups in total. The molecule has 0 aliphatic carbocycles. The normalized spacial score (nSPS) is 19.9. The lowest BCUT2D eigenvalue weighted by molar-refractivity contribution is -0.288. The minimum atomic E-state index is -1.50. The molecular weight excluding hydrogens is 682 g/mol. The number of nitrogens with one attached hydrogen (secondary N) is 1. The Morgan fingerprint density at radius 3 is 2.02 bits per heavy atom. The van der Waals surface area contributed by atoms with Crippen LogP contribution in [0.3, 0.4) is 0 Å². The van der Waals surface area contributed by atoms with Crippen LogP contribution in [0.4, 0.5) is 0 Å². The van der Waals surface area contributed by atoms with E-state index in [1.807, 2.05) is 25.1 Å². The lowest BCUT2D eigenvalue weighted by Gasteiger charge is -2.44. The molecule has 1 amide bonds. The maximum atomic E-state index is 12.3. The number of aliphatic carboxylic acids is 1. The van der Waals surface area contributed by atoms with Crippen molar-refractivity contribution < 1.29 is 67.4 Å². The second-order valence-electron chi connectivity index (χ2n) is 13.2. The quantitative estimate of drug-likeness (QED) is 0.177. The number of aromatic hydroxyl groups is 1. The third kappa shape index (κ3) is 11.7. The van der Waals surface area contributed by atoms with Crippen molar-refractivity contribution in [2.24, 2.45) is 0 Å². The molecule has 0 spiro atoms. The summed E-state index contributed by atoms with van der Waals surface area (Å²) in [5, 5.41) is 22.3. The summed E-state index contributed by atoms with van der Waals surface area (Å²) in [6.07, 6.45) is -5.41. The molecule has 0 unspecified atom stereocenters. The number of esters is 4. The molecule has 15 heteroatoms. The van der Waals surface area contributed by atoms with E-state index in [1.54, 1.807) is 13.0 Å². The zero-order chi connectivity index (χ0) is 38.9. The first-order valence-electron chi connectivity index (χ1n) is 16.7. The van der Waals surface area contributed by atoms with E-state index in [2.05, 4.69) is 5.32 Å². The summed E-state index contributed by atoms with van der Waals surface area (Å²) in [6.45, 7) is 10.6. The van der Waals surface area contributed by atoms with Gasteiger partial charge >= 0.3 is 29.8 Å². The first-order chi connectivity index (χ1) is 24.3. The van der Waals surface area contributed by atoms with Gasteiger partial charge in [-0.1, -0.05) is 18.2 Å². The Morgan fingerprint density at radius 1 is 0.827 bits per heavy atom. The molecule has 1 heterocycles. The average Bonchev–Trinajstić information content (AvgIpc) is 3.00. The molecule has 0 saturated carbocycles. The summed E-state index contributed by atoms with van der Waals surface area (Å²) >= 11 is 0. The standard InChI is InChI=1S/C37H47NO14/c1-19-14-25(10-9-11-31(44)38-37(7,8)36(45)46)12-13-26(19)16-28-20(2)15-27(43)17-29(28)51-35-34(50-24(6)42)33(49-23(5)41)32(48-22(4)40)30(52-35)18-47-21(3)39/h12-15,17,30,32-35,43H,9-11,16,18H2,1-8H3,(H,38,44)(H,45,46)/t30-,32-,33+,34-,35-/m1/s1. The molecule has 1 saturated heterocycles. The van der Waals surface area contributed by atoms with E-state index in [0.29, 0.717) is 30.4 Å². The molecule has 2 aromatic carbocycles. The number of carbonyl (C=O) groups excluding carboxylic acids is 5. The minimum Gasteiger partial charge on any atom is -0.508 e. The van der Waals surface area contributed by atoms with Gasteiger partial charge in [0, 0.05) is 52.2 Å². The highest BCUT2D eigenvalue weighted by atomic mass is 16.7. The van der Waals surface area contributed by atoms with E-state index in [9.17, 15) is 39.0 Å². The molecule has 0 aromatic heterocycles. The molecule has 1 fully saturated rings. The molecule has 5 atom stereocenters. The third-order valence-electron chi connectivity index (χ3n) is 8.24. The molecule has 0 bridgehead atoms. The predicted molar refractivity (Wildman–Crippen MR) is 182 cm³/mol. The Kier molecular flexibility index (Phi) is 14.2. The predicted octanol–water partition coefficient (Wildman–Crippen LogP) is 3.36. The van der Waals surface area contributed by atoms with Gasteiger partial charge in [-0.2, -0.15) is 0 Å². The van der Waals surface area contributed by atoms with Gasteiger partial charge in [-0.25, -0.2) is 4.79 Å². The zero-order valence-electron chi connectivity index (χ0n) is 30.6. The fraction of sp³-hybridized carbons (Fsp3) is 0.514. The zero-order valence-corrected chi connectivity index (χ0v) is 30.6. The van der Waals surface area contributed by atoms with Gasteiger partial charge in [-0.15, -0.1) is 0 Å². The smallest absolute Gasteiger partial charge is 0.328 e. The van der Waals surface area contributed by atoms with Crippen molar-refractivity contribution in [2.75, 3.05) is 6.61 Å². The van der Waals surface area contributed by atoms with Crippen LogP contribution in [0.1, 0.15) is 82.2 Å². The van der Waals surface area contributed by atoms with Gasteiger partial charge in [0.1, 0.15) is 29.7 Å². The average molecular weight is 730 g/mol. The van der Waals surface area contributed by atoms with Crippen LogP contribution in [0.25, 0.3) is 0 Å². The molecule has 284 valence electrons. The Labute approximate surface area is 301 Å². The van der Waals surface area contributed by atoms with Crippen molar-refractivity contribution in [1.29, 1.82) is 0 Å². The summed E-state index contributed by atoms with van der Waals surface area (Å²) in [6, 6.07) is 8.76. The van der Waals surface area contributed by atoms with Crippen molar-refractivity contribution in [1.82, 2.24) is 5.32 Å². The van der Waals surface area contributed by atoms with Gasteiger partial charge in [-0.05, 0) is 68.9 Å². The number of phenolic OH excluding ortho intramolecular Hbond substituents is 1. The second kappa shape index (κ2) is 17.8. The van der Waals surface area contributed by atoms with Crippen molar-refractivity contribution in [3.05, 3.63) is 58.1 Å².